The van der Waals surface area contributed by atoms with Crippen molar-refractivity contribution in [3.8, 4) is 5.75 Å². The van der Waals surface area contributed by atoms with Crippen LogP contribution in [0.5, 0.6) is 5.75 Å². The SMILES string of the molecule is COc1ccnc2c(Cl)nc(Cl)nc12. The number of ether oxygens (including phenoxy) is 1. The number of rotatable bonds is 1. The van der Waals surface area contributed by atoms with Crippen molar-refractivity contribution in [3.63, 3.8) is 0 Å². The Balaban J connectivity index is 2.86. The molecule has 0 N–H and O–H groups in total. The molecule has 2 aromatic rings. The fourth-order valence-corrected chi connectivity index (χ4v) is 1.54. The Labute approximate surface area is 89.9 Å². The van der Waals surface area contributed by atoms with Crippen LogP contribution in [0.3, 0.4) is 0 Å². The van der Waals surface area contributed by atoms with E-state index in [1.807, 2.05) is 0 Å². The summed E-state index contributed by atoms with van der Waals surface area (Å²) in [6.07, 6.45) is 1.57. The molecule has 72 valence electrons. The van der Waals surface area contributed by atoms with Crippen LogP contribution in [0.2, 0.25) is 10.4 Å². The van der Waals surface area contributed by atoms with Crippen LogP contribution in [-0.4, -0.2) is 22.1 Å². The van der Waals surface area contributed by atoms with E-state index in [2.05, 4.69) is 15.0 Å². The first-order valence-electron chi connectivity index (χ1n) is 3.74. The van der Waals surface area contributed by atoms with Gasteiger partial charge in [0.2, 0.25) is 5.28 Å². The molecule has 6 heteroatoms. The first-order chi connectivity index (χ1) is 6.72. The van der Waals surface area contributed by atoms with Gasteiger partial charge in [0.05, 0.1) is 7.11 Å². The molecule has 2 heterocycles. The molecular weight excluding hydrogens is 225 g/mol. The van der Waals surface area contributed by atoms with E-state index in [1.165, 1.54) is 0 Å². The maximum absolute atomic E-state index is 5.84. The van der Waals surface area contributed by atoms with Gasteiger partial charge in [0.15, 0.2) is 5.15 Å². The average molecular weight is 230 g/mol. The van der Waals surface area contributed by atoms with Crippen LogP contribution in [0.25, 0.3) is 11.0 Å². The Morgan fingerprint density at radius 3 is 2.71 bits per heavy atom. The lowest BCUT2D eigenvalue weighted by Gasteiger charge is -2.03. The number of fused-ring (bicyclic) bond motifs is 1. The van der Waals surface area contributed by atoms with Crippen LogP contribution >= 0.6 is 23.2 Å². The number of aromatic nitrogens is 3. The smallest absolute Gasteiger partial charge is 0.224 e. The van der Waals surface area contributed by atoms with Crippen LogP contribution in [0.4, 0.5) is 0 Å². The van der Waals surface area contributed by atoms with Crippen LogP contribution in [0.15, 0.2) is 12.3 Å². The van der Waals surface area contributed by atoms with Gasteiger partial charge in [-0.25, -0.2) is 9.97 Å². The molecule has 0 radical (unpaired) electrons. The van der Waals surface area contributed by atoms with Crippen molar-refractivity contribution in [2.75, 3.05) is 7.11 Å². The molecule has 4 nitrogen and oxygen atoms in total. The second kappa shape index (κ2) is 3.55. The minimum atomic E-state index is 0.0776. The van der Waals surface area contributed by atoms with Crippen molar-refractivity contribution in [1.29, 1.82) is 0 Å². The molecule has 0 unspecified atom stereocenters. The van der Waals surface area contributed by atoms with E-state index in [1.54, 1.807) is 19.4 Å². The average Bonchev–Trinajstić information content (AvgIpc) is 2.17. The minimum Gasteiger partial charge on any atom is -0.494 e. The molecule has 0 spiro atoms. The van der Waals surface area contributed by atoms with Crippen LogP contribution in [0, 0.1) is 0 Å². The highest BCUT2D eigenvalue weighted by Crippen LogP contribution is 2.26. The van der Waals surface area contributed by atoms with Gasteiger partial charge in [-0.2, -0.15) is 0 Å². The van der Waals surface area contributed by atoms with Crippen molar-refractivity contribution in [2.24, 2.45) is 0 Å². The van der Waals surface area contributed by atoms with Gasteiger partial charge >= 0.3 is 0 Å². The monoisotopic (exact) mass is 229 g/mol. The van der Waals surface area contributed by atoms with Gasteiger partial charge in [-0.1, -0.05) is 11.6 Å². The molecule has 0 aliphatic carbocycles. The summed E-state index contributed by atoms with van der Waals surface area (Å²) in [6, 6.07) is 1.68. The number of halogens is 2. The topological polar surface area (TPSA) is 47.9 Å². The Hall–Kier alpha value is -1.13. The van der Waals surface area contributed by atoms with E-state index in [-0.39, 0.29) is 10.4 Å². The molecule has 0 fully saturated rings. The van der Waals surface area contributed by atoms with Crippen molar-refractivity contribution < 1.29 is 4.74 Å². The second-order valence-electron chi connectivity index (χ2n) is 2.49. The molecule has 0 aromatic carbocycles. The lowest BCUT2D eigenvalue weighted by atomic mass is 10.3. The number of methoxy groups -OCH3 is 1. The van der Waals surface area contributed by atoms with Gasteiger partial charge in [0.25, 0.3) is 0 Å². The minimum absolute atomic E-state index is 0.0776. The van der Waals surface area contributed by atoms with Crippen LogP contribution < -0.4 is 4.74 Å². The lowest BCUT2D eigenvalue weighted by Crippen LogP contribution is -1.93. The first-order valence-corrected chi connectivity index (χ1v) is 4.49. The molecule has 2 aromatic heterocycles. The largest absolute Gasteiger partial charge is 0.494 e. The molecule has 0 saturated heterocycles. The molecule has 0 bridgehead atoms. The van der Waals surface area contributed by atoms with E-state index in [0.717, 1.165) is 0 Å². The zero-order chi connectivity index (χ0) is 10.1. The third-order valence-electron chi connectivity index (χ3n) is 1.70. The maximum atomic E-state index is 5.84. The summed E-state index contributed by atoms with van der Waals surface area (Å²) in [6.45, 7) is 0. The van der Waals surface area contributed by atoms with Crippen molar-refractivity contribution in [1.82, 2.24) is 15.0 Å². The standard InChI is InChI=1S/C8H5Cl2N3O/c1-14-4-2-3-11-6-5(4)12-8(10)13-7(6)9/h2-3H,1H3. The summed E-state index contributed by atoms with van der Waals surface area (Å²) in [7, 11) is 1.54. The van der Waals surface area contributed by atoms with Crippen molar-refractivity contribution >= 4 is 34.2 Å². The Morgan fingerprint density at radius 1 is 1.21 bits per heavy atom. The van der Waals surface area contributed by atoms with E-state index in [9.17, 15) is 0 Å². The number of hydrogen-bond acceptors (Lipinski definition) is 4. The highest BCUT2D eigenvalue weighted by Gasteiger charge is 2.09. The molecule has 0 aliphatic rings. The Morgan fingerprint density at radius 2 is 2.00 bits per heavy atom. The molecular formula is C8H5Cl2N3O. The fourth-order valence-electron chi connectivity index (χ4n) is 1.11. The molecule has 14 heavy (non-hydrogen) atoms. The van der Waals surface area contributed by atoms with E-state index < -0.39 is 0 Å². The van der Waals surface area contributed by atoms with Gasteiger partial charge in [0.1, 0.15) is 16.8 Å². The van der Waals surface area contributed by atoms with Gasteiger partial charge < -0.3 is 4.74 Å². The number of hydrogen-bond donors (Lipinski definition) is 0. The predicted molar refractivity (Wildman–Crippen MR) is 53.9 cm³/mol. The van der Waals surface area contributed by atoms with E-state index >= 15 is 0 Å². The third kappa shape index (κ3) is 1.47. The molecule has 2 rings (SSSR count). The van der Waals surface area contributed by atoms with Crippen molar-refractivity contribution in [2.45, 2.75) is 0 Å². The third-order valence-corrected chi connectivity index (χ3v) is 2.13. The van der Waals surface area contributed by atoms with Gasteiger partial charge in [0, 0.05) is 12.3 Å². The molecule has 0 atom stereocenters. The zero-order valence-corrected chi connectivity index (χ0v) is 8.67. The van der Waals surface area contributed by atoms with Gasteiger partial charge in [-0.3, -0.25) is 4.98 Å². The summed E-state index contributed by atoms with van der Waals surface area (Å²) in [5, 5.41) is 0.299. The number of nitrogens with zero attached hydrogens (tertiary/aromatic N) is 3. The summed E-state index contributed by atoms with van der Waals surface area (Å²) in [4.78, 5) is 11.8. The normalized spacial score (nSPS) is 10.5. The van der Waals surface area contributed by atoms with Gasteiger partial charge in [-0.05, 0) is 11.6 Å². The summed E-state index contributed by atoms with van der Waals surface area (Å²) in [5.41, 5.74) is 0.996. The predicted octanol–water partition coefficient (Wildman–Crippen LogP) is 2.34. The molecule has 0 aliphatic heterocycles. The van der Waals surface area contributed by atoms with Crippen LogP contribution in [-0.2, 0) is 0 Å². The Bertz CT molecular complexity index is 489. The first kappa shape index (κ1) is 9.43. The van der Waals surface area contributed by atoms with E-state index in [0.29, 0.717) is 16.8 Å². The zero-order valence-electron chi connectivity index (χ0n) is 7.16. The second-order valence-corrected chi connectivity index (χ2v) is 3.19. The molecule has 0 amide bonds. The summed E-state index contributed by atoms with van der Waals surface area (Å²) >= 11 is 11.5. The van der Waals surface area contributed by atoms with Gasteiger partial charge in [-0.15, -0.1) is 0 Å². The van der Waals surface area contributed by atoms with Crippen LogP contribution in [0.1, 0.15) is 0 Å². The quantitative estimate of drug-likeness (QED) is 0.557. The maximum Gasteiger partial charge on any atom is 0.224 e. The summed E-state index contributed by atoms with van der Waals surface area (Å²) < 4.78 is 5.09. The fraction of sp³-hybridized carbons (Fsp3) is 0.125. The van der Waals surface area contributed by atoms with E-state index in [4.69, 9.17) is 27.9 Å². The highest BCUT2D eigenvalue weighted by atomic mass is 35.5. The van der Waals surface area contributed by atoms with Crippen molar-refractivity contribution in [3.05, 3.63) is 22.7 Å². The highest BCUT2D eigenvalue weighted by molar-refractivity contribution is 6.35. The molecule has 0 saturated carbocycles. The number of pyridine rings is 1. The Kier molecular flexibility index (Phi) is 2.39. The summed E-state index contributed by atoms with van der Waals surface area (Å²) in [5.74, 6) is 0.571. The lowest BCUT2D eigenvalue weighted by molar-refractivity contribution is 0.418.